The highest BCUT2D eigenvalue weighted by atomic mass is 16.3. The predicted molar refractivity (Wildman–Crippen MR) is 277 cm³/mol. The monoisotopic (exact) mass is 871 g/mol. The lowest BCUT2D eigenvalue weighted by Crippen LogP contribution is -2.61. The van der Waals surface area contributed by atoms with Gasteiger partial charge in [0, 0.05) is 33.5 Å². The molecule has 5 aliphatic carbocycles. The Labute approximate surface area is 393 Å². The van der Waals surface area contributed by atoms with Crippen molar-refractivity contribution in [3.8, 4) is 0 Å². The van der Waals surface area contributed by atoms with Crippen LogP contribution in [0.1, 0.15) is 149 Å². The van der Waals surface area contributed by atoms with Gasteiger partial charge in [0.25, 0.3) is 0 Å². The van der Waals surface area contributed by atoms with Gasteiger partial charge in [-0.05, 0) is 183 Å². The van der Waals surface area contributed by atoms with E-state index < -0.39 is 0 Å². The van der Waals surface area contributed by atoms with Crippen LogP contribution >= 0.6 is 0 Å². The fraction of sp³-hybridized carbons (Fsp3) is 0.443. The molecule has 2 aliphatic heterocycles. The Morgan fingerprint density at radius 2 is 0.970 bits per heavy atom. The molecule has 5 unspecified atom stereocenters. The van der Waals surface area contributed by atoms with Crippen LogP contribution in [0.4, 0.5) is 34.1 Å². The summed E-state index contributed by atoms with van der Waals surface area (Å²) in [6, 6.07) is 38.2. The fourth-order valence-electron chi connectivity index (χ4n) is 14.8. The summed E-state index contributed by atoms with van der Waals surface area (Å²) in [5.41, 5.74) is 19.8. The van der Waals surface area contributed by atoms with Crippen molar-refractivity contribution in [2.45, 2.75) is 149 Å². The van der Waals surface area contributed by atoms with Gasteiger partial charge < -0.3 is 18.6 Å². The molecule has 7 aromatic rings. The largest absolute Gasteiger partial charge is 0.468 e. The Hall–Kier alpha value is -5.16. The average Bonchev–Trinajstić information content (AvgIpc) is 3.86. The molecule has 336 valence electrons. The third-order valence-corrected chi connectivity index (χ3v) is 17.9. The van der Waals surface area contributed by atoms with E-state index in [1.54, 1.807) is 5.56 Å². The molecule has 4 heterocycles. The summed E-state index contributed by atoms with van der Waals surface area (Å²) >= 11 is 0. The molecule has 66 heavy (non-hydrogen) atoms. The molecule has 2 aromatic heterocycles. The summed E-state index contributed by atoms with van der Waals surface area (Å²) in [5.74, 6) is 2.63. The zero-order valence-corrected chi connectivity index (χ0v) is 41.5. The van der Waals surface area contributed by atoms with Gasteiger partial charge in [-0.2, -0.15) is 0 Å². The van der Waals surface area contributed by atoms with Crippen LogP contribution in [0, 0.1) is 23.2 Å². The van der Waals surface area contributed by atoms with Crippen molar-refractivity contribution in [3.63, 3.8) is 0 Å². The molecule has 5 aromatic carbocycles. The van der Waals surface area contributed by atoms with Crippen molar-refractivity contribution in [1.82, 2.24) is 0 Å². The zero-order valence-electron chi connectivity index (χ0n) is 41.5. The molecule has 14 rings (SSSR count). The summed E-state index contributed by atoms with van der Waals surface area (Å²) in [4.78, 5) is 5.23. The van der Waals surface area contributed by atoms with Crippen molar-refractivity contribution < 1.29 is 8.83 Å². The number of fused-ring (bicyclic) bond motifs is 9. The van der Waals surface area contributed by atoms with Crippen molar-refractivity contribution in [2.24, 2.45) is 23.2 Å². The molecular weight excluding hydrogens is 803 g/mol. The predicted octanol–water partition coefficient (Wildman–Crippen LogP) is 14.9. The normalized spacial score (nSPS) is 25.1. The highest BCUT2D eigenvalue weighted by Gasteiger charge is 2.70. The SMILES string of the molecule is CC(C)(C)c1ccc(N2c3cc(C45CC6CC7C(C4)CC7(C6)C5)cc4c3B(c3oc5ccc(C(C)(C)C)cc5c32)c2oc3ccc(C(C)(C)C)cc3c2N4c2ccc(C(C)(C)C)cc2)cc1. The van der Waals surface area contributed by atoms with Crippen molar-refractivity contribution >= 4 is 79.6 Å². The van der Waals surface area contributed by atoms with Gasteiger partial charge in [-0.25, -0.2) is 0 Å². The van der Waals surface area contributed by atoms with E-state index in [4.69, 9.17) is 8.83 Å². The Balaban J connectivity index is 1.16. The molecule has 4 nitrogen and oxygen atoms in total. The maximum Gasteiger partial charge on any atom is 0.342 e. The Kier molecular flexibility index (Phi) is 8.01. The van der Waals surface area contributed by atoms with Gasteiger partial charge in [-0.1, -0.05) is 119 Å². The topological polar surface area (TPSA) is 32.8 Å². The minimum Gasteiger partial charge on any atom is -0.468 e. The quantitative estimate of drug-likeness (QED) is 0.166. The van der Waals surface area contributed by atoms with Crippen LogP contribution < -0.4 is 26.6 Å². The van der Waals surface area contributed by atoms with E-state index in [1.165, 1.54) is 89.0 Å². The lowest BCUT2D eigenvalue weighted by molar-refractivity contribution is -0.116. The molecule has 0 saturated heterocycles. The van der Waals surface area contributed by atoms with Crippen molar-refractivity contribution in [3.05, 3.63) is 125 Å². The summed E-state index contributed by atoms with van der Waals surface area (Å²) < 4.78 is 14.8. The minimum atomic E-state index is -0.247. The van der Waals surface area contributed by atoms with Gasteiger partial charge in [0.1, 0.15) is 22.5 Å². The van der Waals surface area contributed by atoms with E-state index in [0.717, 1.165) is 62.4 Å². The summed E-state index contributed by atoms with van der Waals surface area (Å²) in [5, 5.41) is 2.33. The van der Waals surface area contributed by atoms with E-state index in [1.807, 2.05) is 0 Å². The van der Waals surface area contributed by atoms with E-state index in [9.17, 15) is 0 Å². The highest BCUT2D eigenvalue weighted by molar-refractivity contribution is 6.99. The van der Waals surface area contributed by atoms with Crippen molar-refractivity contribution in [2.75, 3.05) is 9.80 Å². The average molecular weight is 871 g/mol. The first-order chi connectivity index (χ1) is 31.1. The first-order valence-electron chi connectivity index (χ1n) is 25.2. The Morgan fingerprint density at radius 1 is 0.515 bits per heavy atom. The summed E-state index contributed by atoms with van der Waals surface area (Å²) in [6.07, 6.45) is 8.33. The zero-order chi connectivity index (χ0) is 45.8. The third kappa shape index (κ3) is 5.64. The smallest absolute Gasteiger partial charge is 0.342 e. The molecule has 4 bridgehead atoms. The lowest BCUT2D eigenvalue weighted by atomic mass is 9.37. The van der Waals surface area contributed by atoms with Crippen LogP contribution in [0.25, 0.3) is 21.9 Å². The van der Waals surface area contributed by atoms with Crippen molar-refractivity contribution in [1.29, 1.82) is 0 Å². The molecule has 5 saturated carbocycles. The van der Waals surface area contributed by atoms with E-state index >= 15 is 0 Å². The molecule has 5 atom stereocenters. The maximum absolute atomic E-state index is 7.39. The molecule has 0 radical (unpaired) electrons. The second-order valence-electron chi connectivity index (χ2n) is 26.3. The van der Waals surface area contributed by atoms with Gasteiger partial charge in [-0.15, -0.1) is 0 Å². The van der Waals surface area contributed by atoms with Crippen LogP contribution in [-0.2, 0) is 27.1 Å². The molecule has 5 heteroatoms. The van der Waals surface area contributed by atoms with E-state index in [0.29, 0.717) is 5.41 Å². The molecule has 5 fully saturated rings. The van der Waals surface area contributed by atoms with Gasteiger partial charge in [0.15, 0.2) is 0 Å². The lowest BCUT2D eigenvalue weighted by Gasteiger charge is -2.64. The highest BCUT2D eigenvalue weighted by Crippen LogP contribution is 2.78. The van der Waals surface area contributed by atoms with Crippen LogP contribution in [0.15, 0.2) is 106 Å². The second kappa shape index (κ2) is 12.9. The van der Waals surface area contributed by atoms with Gasteiger partial charge in [-0.3, -0.25) is 0 Å². The van der Waals surface area contributed by atoms with E-state index in [-0.39, 0.29) is 33.8 Å². The number of nitrogens with zero attached hydrogens (tertiary/aromatic N) is 2. The molecule has 1 spiro atoms. The van der Waals surface area contributed by atoms with Crippen LogP contribution in [0.5, 0.6) is 0 Å². The second-order valence-corrected chi connectivity index (χ2v) is 26.3. The summed E-state index contributed by atoms with van der Waals surface area (Å²) in [7, 11) is 0. The number of rotatable bonds is 3. The minimum absolute atomic E-state index is 0.0336. The number of anilines is 6. The molecule has 0 N–H and O–H groups in total. The summed E-state index contributed by atoms with van der Waals surface area (Å²) in [6.45, 7) is 27.6. The molecular formula is C61H67BN2O2. The number of furan rings is 2. The van der Waals surface area contributed by atoms with Gasteiger partial charge in [0.05, 0.1) is 11.4 Å². The van der Waals surface area contributed by atoms with Crippen LogP contribution in [0.3, 0.4) is 0 Å². The third-order valence-electron chi connectivity index (χ3n) is 17.9. The standard InChI is InChI=1S/C61H67BN2O2/c1-56(2,3)37-13-19-42(20-14-37)63-47-28-41(60-30-35-25-46-36(32-60)33-61(46,31-35)34-60)29-48-51(47)62(54-52(63)44-26-39(58(7,8)9)17-23-49(44)65-54)55-53(45-27-40(59(10,11)12)18-24-50(45)66-55)64(48)43-21-15-38(16-22-43)57(4,5)6/h13-24,26-29,35-36,46H,25,30-34H2,1-12H3. The Bertz CT molecular complexity index is 2990. The van der Waals surface area contributed by atoms with Gasteiger partial charge in [0.2, 0.25) is 0 Å². The number of hydrogen-bond donors (Lipinski definition) is 0. The number of benzene rings is 5. The van der Waals surface area contributed by atoms with Crippen LogP contribution in [0.2, 0.25) is 0 Å². The van der Waals surface area contributed by atoms with E-state index in [2.05, 4.69) is 190 Å². The first kappa shape index (κ1) is 41.1. The first-order valence-corrected chi connectivity index (χ1v) is 25.2. The maximum atomic E-state index is 7.39. The number of hydrogen-bond acceptors (Lipinski definition) is 4. The fourth-order valence-corrected chi connectivity index (χ4v) is 14.8. The molecule has 0 amide bonds. The Morgan fingerprint density at radius 3 is 1.42 bits per heavy atom. The van der Waals surface area contributed by atoms with Crippen LogP contribution in [-0.4, -0.2) is 6.71 Å². The van der Waals surface area contributed by atoms with Gasteiger partial charge >= 0.3 is 6.71 Å². The molecule has 7 aliphatic rings.